The zero-order valence-electron chi connectivity index (χ0n) is 12.7. The van der Waals surface area contributed by atoms with E-state index in [0.29, 0.717) is 6.54 Å². The van der Waals surface area contributed by atoms with Gasteiger partial charge >= 0.3 is 0 Å². The Morgan fingerprint density at radius 3 is 2.43 bits per heavy atom. The molecule has 0 bridgehead atoms. The van der Waals surface area contributed by atoms with E-state index in [1.165, 1.54) is 0 Å². The van der Waals surface area contributed by atoms with Crippen LogP contribution in [0.25, 0.3) is 0 Å². The van der Waals surface area contributed by atoms with E-state index in [4.69, 9.17) is 0 Å². The average molecular weight is 312 g/mol. The summed E-state index contributed by atoms with van der Waals surface area (Å²) in [4.78, 5) is 9.14. The van der Waals surface area contributed by atoms with Crippen molar-refractivity contribution in [2.24, 2.45) is 0 Å². The van der Waals surface area contributed by atoms with Crippen LogP contribution in [0, 0.1) is 0 Å². The van der Waals surface area contributed by atoms with Crippen LogP contribution in [0.1, 0.15) is 19.4 Å². The third kappa shape index (κ3) is 4.66. The second-order valence-electron chi connectivity index (χ2n) is 5.17. The standard InChI is InChI=1S/C14H24N4O2S/c1-3-17-7-9-18(10-8-17)14-6-5-13(11-15-14)12-16-21(19,20)4-2/h5-6,11,16H,3-4,7-10,12H2,1-2H3. The van der Waals surface area contributed by atoms with E-state index in [1.54, 1.807) is 13.1 Å². The third-order valence-electron chi connectivity index (χ3n) is 3.83. The van der Waals surface area contributed by atoms with Crippen molar-refractivity contribution in [3.63, 3.8) is 0 Å². The Kier molecular flexibility index (Phi) is 5.55. The van der Waals surface area contributed by atoms with E-state index >= 15 is 0 Å². The van der Waals surface area contributed by atoms with Gasteiger partial charge in [0.2, 0.25) is 10.0 Å². The number of nitrogens with zero attached hydrogens (tertiary/aromatic N) is 3. The summed E-state index contributed by atoms with van der Waals surface area (Å²) in [6, 6.07) is 3.91. The Hall–Kier alpha value is -1.18. The van der Waals surface area contributed by atoms with Gasteiger partial charge in [0, 0.05) is 38.9 Å². The molecule has 1 fully saturated rings. The van der Waals surface area contributed by atoms with Crippen LogP contribution in [0.15, 0.2) is 18.3 Å². The maximum Gasteiger partial charge on any atom is 0.211 e. The van der Waals surface area contributed by atoms with Gasteiger partial charge in [0.25, 0.3) is 0 Å². The Morgan fingerprint density at radius 1 is 1.19 bits per heavy atom. The van der Waals surface area contributed by atoms with Gasteiger partial charge in [0.05, 0.1) is 5.75 Å². The summed E-state index contributed by atoms with van der Waals surface area (Å²) in [5, 5.41) is 0. The summed E-state index contributed by atoms with van der Waals surface area (Å²) in [5.74, 6) is 1.06. The van der Waals surface area contributed by atoms with Crippen LogP contribution in [0.5, 0.6) is 0 Å². The molecule has 1 saturated heterocycles. The molecule has 21 heavy (non-hydrogen) atoms. The first-order chi connectivity index (χ1) is 10.0. The van der Waals surface area contributed by atoms with Crippen LogP contribution in [0.2, 0.25) is 0 Å². The van der Waals surface area contributed by atoms with E-state index in [1.807, 2.05) is 12.1 Å². The fourth-order valence-corrected chi connectivity index (χ4v) is 2.89. The van der Waals surface area contributed by atoms with Crippen LogP contribution >= 0.6 is 0 Å². The summed E-state index contributed by atoms with van der Waals surface area (Å²) in [6.45, 7) is 9.31. The lowest BCUT2D eigenvalue weighted by atomic mass is 10.2. The smallest absolute Gasteiger partial charge is 0.211 e. The van der Waals surface area contributed by atoms with Gasteiger partial charge in [-0.15, -0.1) is 0 Å². The Balaban J connectivity index is 1.90. The molecule has 0 aromatic carbocycles. The number of aromatic nitrogens is 1. The number of hydrogen-bond acceptors (Lipinski definition) is 5. The van der Waals surface area contributed by atoms with Crippen LogP contribution < -0.4 is 9.62 Å². The van der Waals surface area contributed by atoms with Crippen molar-refractivity contribution >= 4 is 15.8 Å². The molecule has 7 heteroatoms. The molecule has 0 aliphatic carbocycles. The highest BCUT2D eigenvalue weighted by Crippen LogP contribution is 2.14. The molecule has 0 unspecified atom stereocenters. The molecule has 1 aliphatic heterocycles. The SMILES string of the molecule is CCN1CCN(c2ccc(CNS(=O)(=O)CC)cn2)CC1. The van der Waals surface area contributed by atoms with Gasteiger partial charge in [0.15, 0.2) is 0 Å². The minimum Gasteiger partial charge on any atom is -0.354 e. The van der Waals surface area contributed by atoms with Crippen molar-refractivity contribution in [1.82, 2.24) is 14.6 Å². The zero-order valence-corrected chi connectivity index (χ0v) is 13.6. The Bertz CT molecular complexity index is 537. The number of nitrogens with one attached hydrogen (secondary N) is 1. The first kappa shape index (κ1) is 16.2. The van der Waals surface area contributed by atoms with Crippen molar-refractivity contribution < 1.29 is 8.42 Å². The van der Waals surface area contributed by atoms with Crippen LogP contribution in [0.4, 0.5) is 5.82 Å². The van der Waals surface area contributed by atoms with Gasteiger partial charge < -0.3 is 9.80 Å². The molecule has 0 spiro atoms. The number of hydrogen-bond donors (Lipinski definition) is 1. The second kappa shape index (κ2) is 7.20. The lowest BCUT2D eigenvalue weighted by Crippen LogP contribution is -2.46. The quantitative estimate of drug-likeness (QED) is 0.836. The summed E-state index contributed by atoms with van der Waals surface area (Å²) in [5.41, 5.74) is 0.878. The molecular weight excluding hydrogens is 288 g/mol. The molecule has 1 aromatic heterocycles. The first-order valence-electron chi connectivity index (χ1n) is 7.43. The van der Waals surface area contributed by atoms with Crippen LogP contribution in [-0.2, 0) is 16.6 Å². The average Bonchev–Trinajstić information content (AvgIpc) is 2.54. The number of likely N-dealkylation sites (N-methyl/N-ethyl adjacent to an activating group) is 1. The monoisotopic (exact) mass is 312 g/mol. The predicted molar refractivity (Wildman–Crippen MR) is 84.9 cm³/mol. The lowest BCUT2D eigenvalue weighted by molar-refractivity contribution is 0.270. The molecule has 0 saturated carbocycles. The fraction of sp³-hybridized carbons (Fsp3) is 0.643. The number of piperazine rings is 1. The zero-order chi connectivity index (χ0) is 15.3. The molecule has 1 aliphatic rings. The van der Waals surface area contributed by atoms with Gasteiger partial charge in [-0.05, 0) is 25.1 Å². The van der Waals surface area contributed by atoms with Crippen molar-refractivity contribution in [3.8, 4) is 0 Å². The summed E-state index contributed by atoms with van der Waals surface area (Å²) in [6.07, 6.45) is 1.75. The second-order valence-corrected chi connectivity index (χ2v) is 7.27. The molecule has 0 amide bonds. The molecule has 118 valence electrons. The van der Waals surface area contributed by atoms with E-state index in [2.05, 4.69) is 26.4 Å². The van der Waals surface area contributed by atoms with Gasteiger partial charge in [-0.2, -0.15) is 0 Å². The van der Waals surface area contributed by atoms with Crippen molar-refractivity contribution in [2.45, 2.75) is 20.4 Å². The predicted octanol–water partition coefficient (Wildman–Crippen LogP) is 0.663. The minimum absolute atomic E-state index is 0.0974. The molecular formula is C14H24N4O2S. The van der Waals surface area contributed by atoms with Crippen molar-refractivity contribution in [1.29, 1.82) is 0 Å². The first-order valence-corrected chi connectivity index (χ1v) is 9.09. The number of pyridine rings is 1. The van der Waals surface area contributed by atoms with Crippen molar-refractivity contribution in [2.75, 3.05) is 43.4 Å². The molecule has 2 rings (SSSR count). The summed E-state index contributed by atoms with van der Waals surface area (Å²) >= 11 is 0. The maximum absolute atomic E-state index is 11.4. The van der Waals surface area contributed by atoms with Crippen molar-refractivity contribution in [3.05, 3.63) is 23.9 Å². The van der Waals surface area contributed by atoms with Gasteiger partial charge in [-0.1, -0.05) is 13.0 Å². The highest BCUT2D eigenvalue weighted by molar-refractivity contribution is 7.89. The molecule has 1 N–H and O–H groups in total. The van der Waals surface area contributed by atoms with Gasteiger partial charge in [0.1, 0.15) is 5.82 Å². The normalized spacial score (nSPS) is 17.1. The topological polar surface area (TPSA) is 65.5 Å². The number of anilines is 1. The molecule has 6 nitrogen and oxygen atoms in total. The van der Waals surface area contributed by atoms with Crippen LogP contribution in [0.3, 0.4) is 0 Å². The lowest BCUT2D eigenvalue weighted by Gasteiger charge is -2.34. The van der Waals surface area contributed by atoms with E-state index < -0.39 is 10.0 Å². The van der Waals surface area contributed by atoms with Crippen LogP contribution in [-0.4, -0.2) is 56.8 Å². The summed E-state index contributed by atoms with van der Waals surface area (Å²) < 4.78 is 25.4. The maximum atomic E-state index is 11.4. The Morgan fingerprint density at radius 2 is 1.90 bits per heavy atom. The summed E-state index contributed by atoms with van der Waals surface area (Å²) in [7, 11) is -3.15. The minimum atomic E-state index is -3.15. The molecule has 2 heterocycles. The highest BCUT2D eigenvalue weighted by atomic mass is 32.2. The van der Waals surface area contributed by atoms with E-state index in [0.717, 1.165) is 44.1 Å². The Labute approximate surface area is 127 Å². The van der Waals surface area contributed by atoms with Gasteiger partial charge in [-0.3, -0.25) is 0 Å². The van der Waals surface area contributed by atoms with E-state index in [-0.39, 0.29) is 5.75 Å². The van der Waals surface area contributed by atoms with E-state index in [9.17, 15) is 8.42 Å². The largest absolute Gasteiger partial charge is 0.354 e. The fourth-order valence-electron chi connectivity index (χ4n) is 2.30. The molecule has 1 aromatic rings. The molecule has 0 atom stereocenters. The molecule has 0 radical (unpaired) electrons. The van der Waals surface area contributed by atoms with Gasteiger partial charge in [-0.25, -0.2) is 18.1 Å². The third-order valence-corrected chi connectivity index (χ3v) is 5.17. The number of rotatable bonds is 6. The highest BCUT2D eigenvalue weighted by Gasteiger charge is 2.16. The number of sulfonamides is 1.